The summed E-state index contributed by atoms with van der Waals surface area (Å²) in [5.41, 5.74) is 2.29. The van der Waals surface area contributed by atoms with Gasteiger partial charge >= 0.3 is 0 Å². The van der Waals surface area contributed by atoms with Gasteiger partial charge in [-0.2, -0.15) is 0 Å². The summed E-state index contributed by atoms with van der Waals surface area (Å²) in [4.78, 5) is 11.1. The average molecular weight is 374 g/mol. The quantitative estimate of drug-likeness (QED) is 0.622. The summed E-state index contributed by atoms with van der Waals surface area (Å²) in [7, 11) is 1.77. The standard InChI is InChI=1S/C19H24ClN5O/c1-21-19(23-13-15-4-6-17(20)7-5-15)24-14-16-3-2-8-22-18(16)25-9-11-26-12-10-25/h2-8H,9-14H2,1H3,(H2,21,23,24). The zero-order chi connectivity index (χ0) is 18.2. The van der Waals surface area contributed by atoms with Gasteiger partial charge in [-0.3, -0.25) is 4.99 Å². The van der Waals surface area contributed by atoms with Crippen LogP contribution in [0.2, 0.25) is 5.02 Å². The maximum absolute atomic E-state index is 5.92. The third-order valence-corrected chi connectivity index (χ3v) is 4.47. The molecule has 1 aliphatic heterocycles. The minimum absolute atomic E-state index is 0.654. The normalized spacial score (nSPS) is 15.0. The fraction of sp³-hybridized carbons (Fsp3) is 0.368. The molecule has 3 rings (SSSR count). The Hall–Kier alpha value is -2.31. The van der Waals surface area contributed by atoms with Crippen LogP contribution < -0.4 is 15.5 Å². The van der Waals surface area contributed by atoms with Crippen molar-refractivity contribution in [3.63, 3.8) is 0 Å². The molecule has 6 nitrogen and oxygen atoms in total. The molecule has 2 N–H and O–H groups in total. The van der Waals surface area contributed by atoms with E-state index in [1.54, 1.807) is 7.05 Å². The molecule has 1 saturated heterocycles. The van der Waals surface area contributed by atoms with Crippen LogP contribution in [0.5, 0.6) is 0 Å². The van der Waals surface area contributed by atoms with Gasteiger partial charge in [0.25, 0.3) is 0 Å². The molecule has 0 aliphatic carbocycles. The van der Waals surface area contributed by atoms with Crippen LogP contribution >= 0.6 is 11.6 Å². The average Bonchev–Trinajstić information content (AvgIpc) is 2.70. The Balaban J connectivity index is 1.57. The lowest BCUT2D eigenvalue weighted by Gasteiger charge is -2.29. The molecule has 0 saturated carbocycles. The van der Waals surface area contributed by atoms with E-state index >= 15 is 0 Å². The summed E-state index contributed by atoms with van der Waals surface area (Å²) in [6.07, 6.45) is 1.84. The van der Waals surface area contributed by atoms with Gasteiger partial charge in [-0.1, -0.05) is 29.8 Å². The second kappa shape index (κ2) is 9.40. The molecule has 0 radical (unpaired) electrons. The smallest absolute Gasteiger partial charge is 0.191 e. The minimum atomic E-state index is 0.654. The summed E-state index contributed by atoms with van der Waals surface area (Å²) in [6.45, 7) is 4.56. The van der Waals surface area contributed by atoms with E-state index in [9.17, 15) is 0 Å². The second-order valence-electron chi connectivity index (χ2n) is 5.99. The van der Waals surface area contributed by atoms with E-state index in [4.69, 9.17) is 16.3 Å². The monoisotopic (exact) mass is 373 g/mol. The van der Waals surface area contributed by atoms with Gasteiger partial charge in [0.2, 0.25) is 0 Å². The van der Waals surface area contributed by atoms with Crippen molar-refractivity contribution in [2.24, 2.45) is 4.99 Å². The number of benzene rings is 1. The van der Waals surface area contributed by atoms with Crippen molar-refractivity contribution in [3.05, 3.63) is 58.7 Å². The van der Waals surface area contributed by atoms with Gasteiger partial charge in [0.05, 0.1) is 13.2 Å². The zero-order valence-corrected chi connectivity index (χ0v) is 15.7. The molecular weight excluding hydrogens is 350 g/mol. The number of halogens is 1. The molecule has 0 bridgehead atoms. The number of nitrogens with zero attached hydrogens (tertiary/aromatic N) is 3. The number of nitrogens with one attached hydrogen (secondary N) is 2. The highest BCUT2D eigenvalue weighted by molar-refractivity contribution is 6.30. The first-order valence-corrected chi connectivity index (χ1v) is 9.09. The highest BCUT2D eigenvalue weighted by Gasteiger charge is 2.15. The van der Waals surface area contributed by atoms with E-state index in [0.717, 1.165) is 54.2 Å². The molecule has 1 aromatic carbocycles. The molecule has 0 spiro atoms. The van der Waals surface area contributed by atoms with Gasteiger partial charge in [-0.15, -0.1) is 0 Å². The molecule has 1 aliphatic rings. The van der Waals surface area contributed by atoms with E-state index in [0.29, 0.717) is 13.1 Å². The van der Waals surface area contributed by atoms with Gasteiger partial charge in [-0.05, 0) is 23.8 Å². The number of morpholine rings is 1. The number of pyridine rings is 1. The number of rotatable bonds is 5. The van der Waals surface area contributed by atoms with E-state index in [2.05, 4.69) is 31.6 Å². The molecular formula is C19H24ClN5O. The Morgan fingerprint density at radius 1 is 1.15 bits per heavy atom. The maximum atomic E-state index is 5.92. The van der Waals surface area contributed by atoms with Crippen molar-refractivity contribution in [3.8, 4) is 0 Å². The summed E-state index contributed by atoms with van der Waals surface area (Å²) in [6, 6.07) is 11.8. The predicted molar refractivity (Wildman–Crippen MR) is 106 cm³/mol. The molecule has 1 aromatic heterocycles. The highest BCUT2D eigenvalue weighted by Crippen LogP contribution is 2.18. The number of anilines is 1. The number of hydrogen-bond acceptors (Lipinski definition) is 4. The molecule has 1 fully saturated rings. The van der Waals surface area contributed by atoms with Crippen molar-refractivity contribution >= 4 is 23.4 Å². The van der Waals surface area contributed by atoms with Crippen LogP contribution in [0.25, 0.3) is 0 Å². The van der Waals surface area contributed by atoms with Crippen LogP contribution in [0, 0.1) is 0 Å². The summed E-state index contributed by atoms with van der Waals surface area (Å²) in [5.74, 6) is 1.76. The largest absolute Gasteiger partial charge is 0.378 e. The van der Waals surface area contributed by atoms with Crippen LogP contribution in [0.3, 0.4) is 0 Å². The van der Waals surface area contributed by atoms with Crippen molar-refractivity contribution in [2.45, 2.75) is 13.1 Å². The minimum Gasteiger partial charge on any atom is -0.378 e. The lowest BCUT2D eigenvalue weighted by atomic mass is 10.2. The molecule has 2 aromatic rings. The lowest BCUT2D eigenvalue weighted by molar-refractivity contribution is 0.122. The van der Waals surface area contributed by atoms with Crippen LogP contribution in [-0.2, 0) is 17.8 Å². The van der Waals surface area contributed by atoms with Crippen LogP contribution in [-0.4, -0.2) is 44.3 Å². The molecule has 0 amide bonds. The van der Waals surface area contributed by atoms with E-state index in [-0.39, 0.29) is 0 Å². The Bertz CT molecular complexity index is 729. The van der Waals surface area contributed by atoms with Gasteiger partial charge in [-0.25, -0.2) is 4.98 Å². The molecule has 0 unspecified atom stereocenters. The van der Waals surface area contributed by atoms with Gasteiger partial charge in [0, 0.05) is 50.0 Å². The Morgan fingerprint density at radius 2 is 1.88 bits per heavy atom. The van der Waals surface area contributed by atoms with Crippen molar-refractivity contribution < 1.29 is 4.74 Å². The Labute approximate surface area is 159 Å². The van der Waals surface area contributed by atoms with Crippen molar-refractivity contribution in [2.75, 3.05) is 38.3 Å². The third kappa shape index (κ3) is 5.09. The third-order valence-electron chi connectivity index (χ3n) is 4.22. The maximum Gasteiger partial charge on any atom is 0.191 e. The van der Waals surface area contributed by atoms with Crippen LogP contribution in [0.4, 0.5) is 5.82 Å². The van der Waals surface area contributed by atoms with Crippen LogP contribution in [0.1, 0.15) is 11.1 Å². The molecule has 138 valence electrons. The summed E-state index contributed by atoms with van der Waals surface area (Å²) >= 11 is 5.92. The topological polar surface area (TPSA) is 61.8 Å². The number of hydrogen-bond donors (Lipinski definition) is 2. The first-order chi connectivity index (χ1) is 12.8. The Morgan fingerprint density at radius 3 is 2.62 bits per heavy atom. The van der Waals surface area contributed by atoms with Crippen molar-refractivity contribution in [1.29, 1.82) is 0 Å². The number of aromatic nitrogens is 1. The predicted octanol–water partition coefficient (Wildman–Crippen LogP) is 2.44. The second-order valence-corrected chi connectivity index (χ2v) is 6.43. The van der Waals surface area contributed by atoms with Gasteiger partial charge < -0.3 is 20.3 Å². The fourth-order valence-electron chi connectivity index (χ4n) is 2.82. The summed E-state index contributed by atoms with van der Waals surface area (Å²) in [5, 5.41) is 7.42. The zero-order valence-electron chi connectivity index (χ0n) is 14.9. The number of guanidine groups is 1. The molecule has 2 heterocycles. The van der Waals surface area contributed by atoms with E-state index in [1.165, 1.54) is 0 Å². The first-order valence-electron chi connectivity index (χ1n) is 8.72. The summed E-state index contributed by atoms with van der Waals surface area (Å²) < 4.78 is 5.44. The SMILES string of the molecule is CN=C(NCc1ccc(Cl)cc1)NCc1cccnc1N1CCOCC1. The molecule has 7 heteroatoms. The fourth-order valence-corrected chi connectivity index (χ4v) is 2.94. The number of ether oxygens (including phenoxy) is 1. The molecule has 26 heavy (non-hydrogen) atoms. The van der Waals surface area contributed by atoms with E-state index in [1.807, 2.05) is 36.5 Å². The van der Waals surface area contributed by atoms with Crippen LogP contribution in [0.15, 0.2) is 47.6 Å². The van der Waals surface area contributed by atoms with Crippen molar-refractivity contribution in [1.82, 2.24) is 15.6 Å². The Kier molecular flexibility index (Phi) is 6.68. The van der Waals surface area contributed by atoms with Gasteiger partial charge in [0.1, 0.15) is 5.82 Å². The van der Waals surface area contributed by atoms with E-state index < -0.39 is 0 Å². The highest BCUT2D eigenvalue weighted by atomic mass is 35.5. The number of aliphatic imine (C=N–C) groups is 1. The lowest BCUT2D eigenvalue weighted by Crippen LogP contribution is -2.39. The first kappa shape index (κ1) is 18.5. The molecule has 0 atom stereocenters. The van der Waals surface area contributed by atoms with Gasteiger partial charge in [0.15, 0.2) is 5.96 Å².